The number of aromatic nitrogens is 3. The van der Waals surface area contributed by atoms with Crippen LogP contribution < -0.4 is 4.74 Å². The standard InChI is InChI=1S/C52H35N3O/c1-4-15-39(16-5-1)49-53-50(40-17-6-2-7-18-40)55-51(54-49)41-33-31-37(32-34-41)36-27-29-38(30-28-36)42-19-14-22-44(35-42)52(43-20-8-3-9-21-43)45-23-10-12-25-47(45)56-48-26-13-11-24-46(48)52/h1-35H. The molecule has 9 aromatic rings. The van der Waals surface area contributed by atoms with Crippen LogP contribution in [0.25, 0.3) is 56.4 Å². The van der Waals surface area contributed by atoms with Crippen LogP contribution in [-0.2, 0) is 5.41 Å². The fraction of sp³-hybridized carbons (Fsp3) is 0.0192. The van der Waals surface area contributed by atoms with Crippen LogP contribution in [0.1, 0.15) is 22.3 Å². The zero-order valence-electron chi connectivity index (χ0n) is 30.5. The molecule has 0 bridgehead atoms. The number of rotatable bonds is 7. The van der Waals surface area contributed by atoms with Gasteiger partial charge in [0.15, 0.2) is 17.5 Å². The summed E-state index contributed by atoms with van der Waals surface area (Å²) in [6.07, 6.45) is 0. The molecular formula is C52H35N3O. The summed E-state index contributed by atoms with van der Waals surface area (Å²) < 4.78 is 6.52. The van der Waals surface area contributed by atoms with Crippen molar-refractivity contribution in [1.29, 1.82) is 0 Å². The molecule has 0 atom stereocenters. The normalized spacial score (nSPS) is 12.6. The lowest BCUT2D eigenvalue weighted by molar-refractivity contribution is 0.434. The predicted octanol–water partition coefficient (Wildman–Crippen LogP) is 12.7. The molecule has 0 radical (unpaired) electrons. The quantitative estimate of drug-likeness (QED) is 0.165. The minimum Gasteiger partial charge on any atom is -0.457 e. The number of fused-ring (bicyclic) bond motifs is 2. The summed E-state index contributed by atoms with van der Waals surface area (Å²) in [4.78, 5) is 14.7. The second kappa shape index (κ2) is 14.1. The van der Waals surface area contributed by atoms with Crippen molar-refractivity contribution >= 4 is 0 Å². The van der Waals surface area contributed by atoms with Gasteiger partial charge in [-0.05, 0) is 51.6 Å². The Kier molecular flexibility index (Phi) is 8.34. The molecular weight excluding hydrogens is 683 g/mol. The third kappa shape index (κ3) is 5.85. The van der Waals surface area contributed by atoms with Gasteiger partial charge in [0.05, 0.1) is 5.41 Å². The minimum absolute atomic E-state index is 0.563. The molecule has 0 unspecified atom stereocenters. The third-order valence-corrected chi connectivity index (χ3v) is 10.7. The van der Waals surface area contributed by atoms with Gasteiger partial charge in [0, 0.05) is 27.8 Å². The van der Waals surface area contributed by atoms with Gasteiger partial charge in [-0.2, -0.15) is 0 Å². The molecule has 56 heavy (non-hydrogen) atoms. The summed E-state index contributed by atoms with van der Waals surface area (Å²) in [5.41, 5.74) is 11.5. The molecule has 0 N–H and O–H groups in total. The second-order valence-corrected chi connectivity index (χ2v) is 14.0. The second-order valence-electron chi connectivity index (χ2n) is 14.0. The van der Waals surface area contributed by atoms with E-state index in [0.717, 1.165) is 61.6 Å². The van der Waals surface area contributed by atoms with Crippen molar-refractivity contribution in [3.63, 3.8) is 0 Å². The van der Waals surface area contributed by atoms with Gasteiger partial charge in [-0.25, -0.2) is 15.0 Å². The maximum atomic E-state index is 6.52. The van der Waals surface area contributed by atoms with Gasteiger partial charge in [0.2, 0.25) is 0 Å². The fourth-order valence-electron chi connectivity index (χ4n) is 8.01. The minimum atomic E-state index is -0.563. The number of benzene rings is 8. The van der Waals surface area contributed by atoms with Crippen LogP contribution >= 0.6 is 0 Å². The Morgan fingerprint density at radius 1 is 0.286 bits per heavy atom. The molecule has 10 rings (SSSR count). The molecule has 0 fully saturated rings. The van der Waals surface area contributed by atoms with E-state index in [2.05, 4.69) is 140 Å². The molecule has 0 aliphatic carbocycles. The van der Waals surface area contributed by atoms with E-state index in [-0.39, 0.29) is 0 Å². The molecule has 1 aliphatic heterocycles. The largest absolute Gasteiger partial charge is 0.457 e. The Hall–Kier alpha value is -7.43. The van der Waals surface area contributed by atoms with Gasteiger partial charge in [0.25, 0.3) is 0 Å². The van der Waals surface area contributed by atoms with E-state index in [0.29, 0.717) is 17.5 Å². The molecule has 1 aliphatic rings. The summed E-state index contributed by atoms with van der Waals surface area (Å²) in [5, 5.41) is 0. The molecule has 8 aromatic carbocycles. The highest BCUT2D eigenvalue weighted by molar-refractivity contribution is 5.76. The van der Waals surface area contributed by atoms with E-state index in [1.807, 2.05) is 72.8 Å². The summed E-state index contributed by atoms with van der Waals surface area (Å²) in [5.74, 6) is 3.69. The average molecular weight is 718 g/mol. The number of nitrogens with zero attached hydrogens (tertiary/aromatic N) is 3. The van der Waals surface area contributed by atoms with Crippen molar-refractivity contribution in [3.8, 4) is 67.9 Å². The monoisotopic (exact) mass is 717 g/mol. The highest BCUT2D eigenvalue weighted by Crippen LogP contribution is 2.55. The zero-order chi connectivity index (χ0) is 37.3. The molecule has 0 amide bonds. The fourth-order valence-corrected chi connectivity index (χ4v) is 8.01. The molecule has 0 saturated heterocycles. The lowest BCUT2D eigenvalue weighted by atomic mass is 9.63. The molecule has 1 aromatic heterocycles. The Labute approximate surface area is 326 Å². The Morgan fingerprint density at radius 2 is 0.643 bits per heavy atom. The molecule has 4 heteroatoms. The number of hydrogen-bond donors (Lipinski definition) is 0. The van der Waals surface area contributed by atoms with Gasteiger partial charge in [-0.1, -0.05) is 194 Å². The lowest BCUT2D eigenvalue weighted by Crippen LogP contribution is -2.34. The SMILES string of the molecule is c1ccc(-c2nc(-c3ccccc3)nc(-c3ccc(-c4ccc(-c5cccc(C6(c7ccccc7)c7ccccc7Oc7ccccc76)c5)cc4)cc3)n2)cc1. The van der Waals surface area contributed by atoms with Crippen molar-refractivity contribution in [1.82, 2.24) is 15.0 Å². The van der Waals surface area contributed by atoms with Crippen molar-refractivity contribution in [2.75, 3.05) is 0 Å². The smallest absolute Gasteiger partial charge is 0.164 e. The molecule has 0 saturated carbocycles. The van der Waals surface area contributed by atoms with Crippen LogP contribution in [0.3, 0.4) is 0 Å². The first kappa shape index (κ1) is 33.2. The third-order valence-electron chi connectivity index (χ3n) is 10.7. The average Bonchev–Trinajstić information content (AvgIpc) is 3.29. The number of para-hydroxylation sites is 2. The molecule has 4 nitrogen and oxygen atoms in total. The predicted molar refractivity (Wildman–Crippen MR) is 225 cm³/mol. The van der Waals surface area contributed by atoms with E-state index in [1.165, 1.54) is 11.1 Å². The zero-order valence-corrected chi connectivity index (χ0v) is 30.5. The number of hydrogen-bond acceptors (Lipinski definition) is 4. The van der Waals surface area contributed by atoms with Crippen LogP contribution in [0.2, 0.25) is 0 Å². The first-order valence-electron chi connectivity index (χ1n) is 18.9. The summed E-state index contributed by atoms with van der Waals surface area (Å²) in [6, 6.07) is 74.1. The Morgan fingerprint density at radius 3 is 1.14 bits per heavy atom. The van der Waals surface area contributed by atoms with E-state index in [1.54, 1.807) is 0 Å². The van der Waals surface area contributed by atoms with Crippen molar-refractivity contribution in [3.05, 3.63) is 235 Å². The van der Waals surface area contributed by atoms with Crippen LogP contribution in [0.15, 0.2) is 212 Å². The van der Waals surface area contributed by atoms with Gasteiger partial charge in [-0.3, -0.25) is 0 Å². The van der Waals surface area contributed by atoms with E-state index < -0.39 is 5.41 Å². The molecule has 2 heterocycles. The van der Waals surface area contributed by atoms with Crippen molar-refractivity contribution < 1.29 is 4.74 Å². The summed E-state index contributed by atoms with van der Waals surface area (Å²) >= 11 is 0. The summed E-state index contributed by atoms with van der Waals surface area (Å²) in [6.45, 7) is 0. The van der Waals surface area contributed by atoms with Crippen LogP contribution in [0, 0.1) is 0 Å². The van der Waals surface area contributed by atoms with E-state index in [4.69, 9.17) is 19.7 Å². The Bertz CT molecular complexity index is 2700. The molecule has 264 valence electrons. The topological polar surface area (TPSA) is 47.9 Å². The van der Waals surface area contributed by atoms with Crippen LogP contribution in [0.4, 0.5) is 0 Å². The first-order valence-corrected chi connectivity index (χ1v) is 18.9. The highest BCUT2D eigenvalue weighted by Gasteiger charge is 2.45. The Balaban J connectivity index is 0.996. The lowest BCUT2D eigenvalue weighted by Gasteiger charge is -2.41. The van der Waals surface area contributed by atoms with Gasteiger partial charge < -0.3 is 4.74 Å². The first-order chi connectivity index (χ1) is 27.7. The maximum absolute atomic E-state index is 6.52. The van der Waals surface area contributed by atoms with Crippen molar-refractivity contribution in [2.45, 2.75) is 5.41 Å². The van der Waals surface area contributed by atoms with Crippen LogP contribution in [-0.4, -0.2) is 15.0 Å². The van der Waals surface area contributed by atoms with E-state index in [9.17, 15) is 0 Å². The van der Waals surface area contributed by atoms with Gasteiger partial charge in [0.1, 0.15) is 11.5 Å². The van der Waals surface area contributed by atoms with Crippen LogP contribution in [0.5, 0.6) is 11.5 Å². The van der Waals surface area contributed by atoms with Crippen molar-refractivity contribution in [2.24, 2.45) is 0 Å². The summed E-state index contributed by atoms with van der Waals surface area (Å²) in [7, 11) is 0. The van der Waals surface area contributed by atoms with Gasteiger partial charge >= 0.3 is 0 Å². The maximum Gasteiger partial charge on any atom is 0.164 e. The molecule has 0 spiro atoms. The van der Waals surface area contributed by atoms with E-state index >= 15 is 0 Å². The highest BCUT2D eigenvalue weighted by atomic mass is 16.5. The van der Waals surface area contributed by atoms with Gasteiger partial charge in [-0.15, -0.1) is 0 Å². The number of ether oxygens (including phenoxy) is 1.